The predicted molar refractivity (Wildman–Crippen MR) is 90.8 cm³/mol. The van der Waals surface area contributed by atoms with Crippen LogP contribution in [0.4, 0.5) is 0 Å². The molecule has 3 heteroatoms. The van der Waals surface area contributed by atoms with Gasteiger partial charge in [-0.1, -0.05) is 32.1 Å². The van der Waals surface area contributed by atoms with E-state index in [1.165, 1.54) is 57.9 Å². The number of piperidine rings is 1. The molecular weight excluding hydrogens is 272 g/mol. The highest BCUT2D eigenvalue weighted by Crippen LogP contribution is 2.29. The number of hydrogen-bond donors (Lipinski definition) is 1. The van der Waals surface area contributed by atoms with E-state index in [0.717, 1.165) is 50.6 Å². The molecule has 0 bridgehead atoms. The van der Waals surface area contributed by atoms with Gasteiger partial charge in [-0.15, -0.1) is 0 Å². The third-order valence-corrected chi connectivity index (χ3v) is 5.97. The Labute approximate surface area is 136 Å². The van der Waals surface area contributed by atoms with Crippen molar-refractivity contribution in [3.8, 4) is 0 Å². The minimum absolute atomic E-state index is 0.413. The summed E-state index contributed by atoms with van der Waals surface area (Å²) in [4.78, 5) is 14.4. The van der Waals surface area contributed by atoms with Gasteiger partial charge in [0, 0.05) is 25.6 Å². The van der Waals surface area contributed by atoms with Crippen LogP contribution < -0.4 is 5.32 Å². The first kappa shape index (κ1) is 16.3. The van der Waals surface area contributed by atoms with Gasteiger partial charge in [-0.05, 0) is 56.9 Å². The highest BCUT2D eigenvalue weighted by molar-refractivity contribution is 5.76. The zero-order valence-corrected chi connectivity index (χ0v) is 14.2. The maximum absolute atomic E-state index is 12.3. The fourth-order valence-corrected chi connectivity index (χ4v) is 4.16. The maximum atomic E-state index is 12.3. The number of likely N-dealkylation sites (tertiary alicyclic amines) is 1. The third-order valence-electron chi connectivity index (χ3n) is 5.97. The van der Waals surface area contributed by atoms with Gasteiger partial charge in [0.15, 0.2) is 0 Å². The van der Waals surface area contributed by atoms with Crippen LogP contribution in [0.2, 0.25) is 0 Å². The molecule has 1 amide bonds. The van der Waals surface area contributed by atoms with Crippen LogP contribution >= 0.6 is 0 Å². The largest absolute Gasteiger partial charge is 0.343 e. The Morgan fingerprint density at radius 2 is 1.64 bits per heavy atom. The predicted octanol–water partition coefficient (Wildman–Crippen LogP) is 3.73. The minimum atomic E-state index is 0.413. The summed E-state index contributed by atoms with van der Waals surface area (Å²) in [5.74, 6) is 2.29. The lowest BCUT2D eigenvalue weighted by molar-refractivity contribution is -0.132. The average Bonchev–Trinajstić information content (AvgIpc) is 3.39. The molecule has 0 unspecified atom stereocenters. The number of nitrogens with one attached hydrogen (secondary N) is 1. The molecule has 0 aromatic rings. The van der Waals surface area contributed by atoms with E-state index in [0.29, 0.717) is 11.9 Å². The SMILES string of the molecule is O=C(CCCC1CCCCC1)N1CCC(NCC2CC2)CC1. The van der Waals surface area contributed by atoms with Gasteiger partial charge in [0.1, 0.15) is 0 Å². The lowest BCUT2D eigenvalue weighted by atomic mass is 9.86. The second-order valence-corrected chi connectivity index (χ2v) is 7.90. The molecule has 2 aliphatic carbocycles. The van der Waals surface area contributed by atoms with Crippen LogP contribution in [0.5, 0.6) is 0 Å². The van der Waals surface area contributed by atoms with Crippen molar-refractivity contribution in [1.82, 2.24) is 10.2 Å². The van der Waals surface area contributed by atoms with Gasteiger partial charge in [0.05, 0.1) is 0 Å². The number of nitrogens with zero attached hydrogens (tertiary/aromatic N) is 1. The summed E-state index contributed by atoms with van der Waals surface area (Å²) in [6.07, 6.45) is 15.4. The minimum Gasteiger partial charge on any atom is -0.343 e. The number of rotatable bonds is 7. The van der Waals surface area contributed by atoms with Crippen LogP contribution in [0, 0.1) is 11.8 Å². The summed E-state index contributed by atoms with van der Waals surface area (Å²) in [6, 6.07) is 0.659. The van der Waals surface area contributed by atoms with E-state index in [1.807, 2.05) is 0 Å². The Morgan fingerprint density at radius 1 is 0.909 bits per heavy atom. The first-order valence-electron chi connectivity index (χ1n) is 9.82. The van der Waals surface area contributed by atoms with Crippen molar-refractivity contribution in [1.29, 1.82) is 0 Å². The van der Waals surface area contributed by atoms with Crippen LogP contribution in [-0.2, 0) is 4.79 Å². The first-order chi connectivity index (χ1) is 10.8. The molecule has 22 heavy (non-hydrogen) atoms. The van der Waals surface area contributed by atoms with Gasteiger partial charge in [0.2, 0.25) is 5.91 Å². The molecule has 3 nitrogen and oxygen atoms in total. The molecule has 0 radical (unpaired) electrons. The van der Waals surface area contributed by atoms with Crippen molar-refractivity contribution in [2.45, 2.75) is 83.1 Å². The van der Waals surface area contributed by atoms with Gasteiger partial charge in [-0.2, -0.15) is 0 Å². The van der Waals surface area contributed by atoms with Crippen LogP contribution in [0.25, 0.3) is 0 Å². The van der Waals surface area contributed by atoms with Crippen molar-refractivity contribution >= 4 is 5.91 Å². The first-order valence-corrected chi connectivity index (χ1v) is 9.82. The molecule has 3 aliphatic rings. The highest BCUT2D eigenvalue weighted by Gasteiger charge is 2.25. The molecule has 1 saturated heterocycles. The average molecular weight is 306 g/mol. The van der Waals surface area contributed by atoms with Gasteiger partial charge >= 0.3 is 0 Å². The molecule has 0 aromatic heterocycles. The fraction of sp³-hybridized carbons (Fsp3) is 0.947. The molecule has 0 atom stereocenters. The molecule has 1 aliphatic heterocycles. The van der Waals surface area contributed by atoms with Crippen LogP contribution in [-0.4, -0.2) is 36.5 Å². The lowest BCUT2D eigenvalue weighted by Gasteiger charge is -2.33. The van der Waals surface area contributed by atoms with E-state index in [1.54, 1.807) is 0 Å². The Morgan fingerprint density at radius 3 is 2.32 bits per heavy atom. The molecule has 0 aromatic carbocycles. The molecular formula is C19H34N2O. The topological polar surface area (TPSA) is 32.3 Å². The molecule has 3 fully saturated rings. The van der Waals surface area contributed by atoms with E-state index in [9.17, 15) is 4.79 Å². The molecule has 3 rings (SSSR count). The molecule has 0 spiro atoms. The van der Waals surface area contributed by atoms with Crippen molar-refractivity contribution in [2.24, 2.45) is 11.8 Å². The van der Waals surface area contributed by atoms with Gasteiger partial charge in [-0.3, -0.25) is 4.79 Å². The molecule has 2 saturated carbocycles. The quantitative estimate of drug-likeness (QED) is 0.777. The van der Waals surface area contributed by atoms with E-state index in [4.69, 9.17) is 0 Å². The summed E-state index contributed by atoms with van der Waals surface area (Å²) in [6.45, 7) is 3.16. The Hall–Kier alpha value is -0.570. The third kappa shape index (κ3) is 5.26. The number of carbonyl (C=O) groups excluding carboxylic acids is 1. The Kier molecular flexibility index (Phi) is 6.17. The lowest BCUT2D eigenvalue weighted by Crippen LogP contribution is -2.45. The van der Waals surface area contributed by atoms with Gasteiger partial charge < -0.3 is 10.2 Å². The molecule has 1 N–H and O–H groups in total. The zero-order chi connectivity index (χ0) is 15.2. The Balaban J connectivity index is 1.26. The summed E-state index contributed by atoms with van der Waals surface area (Å²) in [5, 5.41) is 3.69. The standard InChI is InChI=1S/C19H34N2O/c22-19(8-4-7-16-5-2-1-3-6-16)21-13-11-18(12-14-21)20-15-17-9-10-17/h16-18,20H,1-15H2. The van der Waals surface area contributed by atoms with Crippen LogP contribution in [0.15, 0.2) is 0 Å². The second kappa shape index (κ2) is 8.33. The van der Waals surface area contributed by atoms with Crippen LogP contribution in [0.3, 0.4) is 0 Å². The zero-order valence-electron chi connectivity index (χ0n) is 14.2. The van der Waals surface area contributed by atoms with E-state index < -0.39 is 0 Å². The summed E-state index contributed by atoms with van der Waals surface area (Å²) in [7, 11) is 0. The summed E-state index contributed by atoms with van der Waals surface area (Å²) < 4.78 is 0. The van der Waals surface area contributed by atoms with Crippen molar-refractivity contribution in [2.75, 3.05) is 19.6 Å². The highest BCUT2D eigenvalue weighted by atomic mass is 16.2. The smallest absolute Gasteiger partial charge is 0.222 e. The van der Waals surface area contributed by atoms with E-state index in [2.05, 4.69) is 10.2 Å². The van der Waals surface area contributed by atoms with Crippen molar-refractivity contribution in [3.05, 3.63) is 0 Å². The fourth-order valence-electron chi connectivity index (χ4n) is 4.16. The van der Waals surface area contributed by atoms with Crippen LogP contribution in [0.1, 0.15) is 77.0 Å². The van der Waals surface area contributed by atoms with Crippen molar-refractivity contribution < 1.29 is 4.79 Å². The molecule has 1 heterocycles. The molecule has 126 valence electrons. The van der Waals surface area contributed by atoms with Gasteiger partial charge in [0.25, 0.3) is 0 Å². The van der Waals surface area contributed by atoms with Gasteiger partial charge in [-0.25, -0.2) is 0 Å². The van der Waals surface area contributed by atoms with Crippen molar-refractivity contribution in [3.63, 3.8) is 0 Å². The normalized spacial score (nSPS) is 24.6. The monoisotopic (exact) mass is 306 g/mol. The summed E-state index contributed by atoms with van der Waals surface area (Å²) in [5.41, 5.74) is 0. The number of hydrogen-bond acceptors (Lipinski definition) is 2. The maximum Gasteiger partial charge on any atom is 0.222 e. The summed E-state index contributed by atoms with van der Waals surface area (Å²) >= 11 is 0. The van der Waals surface area contributed by atoms with E-state index in [-0.39, 0.29) is 0 Å². The number of amides is 1. The Bertz CT molecular complexity index is 339. The second-order valence-electron chi connectivity index (χ2n) is 7.90. The number of carbonyl (C=O) groups is 1. The van der Waals surface area contributed by atoms with E-state index >= 15 is 0 Å².